The average Bonchev–Trinajstić information content (AvgIpc) is 2.04. The molecule has 0 spiro atoms. The quantitative estimate of drug-likeness (QED) is 0.565. The standard InChI is InChI=1S/C8H10N2OP/c1-7-4-3-5-8(6-7)11-12(9)10-2/h3-6,9H,2H2,1H3/q+1. The largest absolute Gasteiger partial charge is 0.580 e. The summed E-state index contributed by atoms with van der Waals surface area (Å²) >= 11 is 0. The highest BCUT2D eigenvalue weighted by Crippen LogP contribution is 2.27. The third-order valence-electron chi connectivity index (χ3n) is 1.31. The molecule has 0 bridgehead atoms. The Bertz CT molecular complexity index is 312. The minimum atomic E-state index is -1.50. The van der Waals surface area contributed by atoms with Gasteiger partial charge in [0, 0.05) is 6.72 Å². The van der Waals surface area contributed by atoms with Crippen molar-refractivity contribution in [2.75, 3.05) is 0 Å². The van der Waals surface area contributed by atoms with Crippen LogP contribution in [-0.2, 0) is 0 Å². The molecule has 0 saturated carbocycles. The van der Waals surface area contributed by atoms with E-state index in [4.69, 9.17) is 9.69 Å². The van der Waals surface area contributed by atoms with Crippen LogP contribution in [0.1, 0.15) is 5.56 Å². The maximum Gasteiger partial charge on any atom is 0.580 e. The molecule has 0 amide bonds. The normalized spacial score (nSPS) is 10.6. The number of hydrogen-bond donors (Lipinski definition) is 1. The first-order valence-corrected chi connectivity index (χ1v) is 4.66. The molecule has 12 heavy (non-hydrogen) atoms. The van der Waals surface area contributed by atoms with Gasteiger partial charge in [-0.1, -0.05) is 17.3 Å². The second-order valence-electron chi connectivity index (χ2n) is 2.32. The summed E-state index contributed by atoms with van der Waals surface area (Å²) in [6.45, 7) is 5.22. The molecule has 0 aromatic heterocycles. The molecule has 0 fully saturated rings. The van der Waals surface area contributed by atoms with E-state index in [-0.39, 0.29) is 0 Å². The molecule has 1 aromatic carbocycles. The predicted molar refractivity (Wildman–Crippen MR) is 51.0 cm³/mol. The van der Waals surface area contributed by atoms with Crippen LogP contribution in [0.3, 0.4) is 0 Å². The molecule has 0 aliphatic rings. The topological polar surface area (TPSA) is 45.4 Å². The Balaban J connectivity index is 2.76. The number of nitrogens with zero attached hydrogens (tertiary/aromatic N) is 1. The van der Waals surface area contributed by atoms with Crippen molar-refractivity contribution in [2.45, 2.75) is 6.92 Å². The van der Waals surface area contributed by atoms with Crippen LogP contribution >= 0.6 is 8.09 Å². The fourth-order valence-corrected chi connectivity index (χ4v) is 1.17. The maximum absolute atomic E-state index is 7.24. The molecule has 4 heteroatoms. The van der Waals surface area contributed by atoms with Gasteiger partial charge in [-0.3, -0.25) is 0 Å². The van der Waals surface area contributed by atoms with Gasteiger partial charge in [0.1, 0.15) is 0 Å². The van der Waals surface area contributed by atoms with Gasteiger partial charge in [0.05, 0.1) is 0 Å². The Kier molecular flexibility index (Phi) is 2.94. The van der Waals surface area contributed by atoms with Crippen molar-refractivity contribution < 1.29 is 4.52 Å². The van der Waals surface area contributed by atoms with E-state index in [0.717, 1.165) is 5.56 Å². The molecule has 0 heterocycles. The van der Waals surface area contributed by atoms with E-state index < -0.39 is 8.09 Å². The van der Waals surface area contributed by atoms with Gasteiger partial charge in [0.15, 0.2) is 5.75 Å². The van der Waals surface area contributed by atoms with Crippen molar-refractivity contribution in [1.29, 1.82) is 5.16 Å². The maximum atomic E-state index is 7.24. The lowest BCUT2D eigenvalue weighted by Gasteiger charge is -1.93. The molecule has 0 aliphatic carbocycles. The van der Waals surface area contributed by atoms with E-state index in [9.17, 15) is 0 Å². The Morgan fingerprint density at radius 3 is 2.92 bits per heavy atom. The van der Waals surface area contributed by atoms with Gasteiger partial charge >= 0.3 is 8.09 Å². The number of aryl methyl sites for hydroxylation is 1. The number of nitrogens with one attached hydrogen (secondary N) is 1. The molecule has 62 valence electrons. The summed E-state index contributed by atoms with van der Waals surface area (Å²) in [4.78, 5) is 0. The van der Waals surface area contributed by atoms with Crippen molar-refractivity contribution in [2.24, 2.45) is 4.76 Å². The summed E-state index contributed by atoms with van der Waals surface area (Å²) in [5, 5.41) is 7.24. The first-order chi connectivity index (χ1) is 5.72. The van der Waals surface area contributed by atoms with Crippen LogP contribution in [0.25, 0.3) is 0 Å². The molecule has 1 unspecified atom stereocenters. The highest BCUT2D eigenvalue weighted by Gasteiger charge is 2.09. The summed E-state index contributed by atoms with van der Waals surface area (Å²) < 4.78 is 8.62. The van der Waals surface area contributed by atoms with Gasteiger partial charge in [-0.15, -0.1) is 0 Å². The van der Waals surface area contributed by atoms with Gasteiger partial charge in [-0.2, -0.15) is 0 Å². The monoisotopic (exact) mass is 181 g/mol. The first-order valence-electron chi connectivity index (χ1n) is 3.45. The lowest BCUT2D eigenvalue weighted by molar-refractivity contribution is 0.620. The van der Waals surface area contributed by atoms with Crippen molar-refractivity contribution in [1.82, 2.24) is 0 Å². The van der Waals surface area contributed by atoms with Gasteiger partial charge < -0.3 is 0 Å². The van der Waals surface area contributed by atoms with Crippen molar-refractivity contribution >= 4 is 14.8 Å². The molecule has 0 aliphatic heterocycles. The fraction of sp³-hybridized carbons (Fsp3) is 0.125. The summed E-state index contributed by atoms with van der Waals surface area (Å²) in [5.74, 6) is 0.684. The second kappa shape index (κ2) is 3.98. The summed E-state index contributed by atoms with van der Waals surface area (Å²) in [6.07, 6.45) is 0. The molecular formula is C8H10N2OP+. The minimum absolute atomic E-state index is 0.684. The van der Waals surface area contributed by atoms with Crippen LogP contribution < -0.4 is 4.52 Å². The second-order valence-corrected chi connectivity index (χ2v) is 3.33. The Morgan fingerprint density at radius 1 is 1.58 bits per heavy atom. The fourth-order valence-electron chi connectivity index (χ4n) is 0.801. The van der Waals surface area contributed by atoms with E-state index in [0.29, 0.717) is 5.75 Å². The van der Waals surface area contributed by atoms with Gasteiger partial charge in [-0.05, 0) is 29.4 Å². The van der Waals surface area contributed by atoms with Crippen LogP contribution in [-0.4, -0.2) is 6.72 Å². The third kappa shape index (κ3) is 2.44. The Hall–Kier alpha value is -1.21. The molecular weight excluding hydrogens is 171 g/mol. The zero-order chi connectivity index (χ0) is 8.97. The molecule has 1 atom stereocenters. The molecule has 1 N–H and O–H groups in total. The lowest BCUT2D eigenvalue weighted by Crippen LogP contribution is -1.79. The highest BCUT2D eigenvalue weighted by molar-refractivity contribution is 7.39. The van der Waals surface area contributed by atoms with E-state index in [2.05, 4.69) is 11.5 Å². The van der Waals surface area contributed by atoms with E-state index in [1.165, 1.54) is 0 Å². The summed E-state index contributed by atoms with van der Waals surface area (Å²) in [6, 6.07) is 7.54. The van der Waals surface area contributed by atoms with Crippen LogP contribution in [0.4, 0.5) is 0 Å². The first kappa shape index (κ1) is 8.88. The predicted octanol–water partition coefficient (Wildman–Crippen LogP) is 3.15. The van der Waals surface area contributed by atoms with Crippen LogP contribution in [0, 0.1) is 12.1 Å². The van der Waals surface area contributed by atoms with Crippen molar-refractivity contribution in [3.63, 3.8) is 0 Å². The zero-order valence-electron chi connectivity index (χ0n) is 6.82. The van der Waals surface area contributed by atoms with Gasteiger partial charge in [0.2, 0.25) is 0 Å². The number of benzene rings is 1. The van der Waals surface area contributed by atoms with Crippen molar-refractivity contribution in [3.8, 4) is 5.75 Å². The SMILES string of the molecule is C=N[P+](=N)Oc1cccc(C)c1. The molecule has 1 rings (SSSR count). The van der Waals surface area contributed by atoms with Crippen LogP contribution in [0.15, 0.2) is 29.0 Å². The molecule has 3 nitrogen and oxygen atoms in total. The number of hydrogen-bond acceptors (Lipinski definition) is 2. The Morgan fingerprint density at radius 2 is 2.33 bits per heavy atom. The third-order valence-corrected chi connectivity index (χ3v) is 1.95. The van der Waals surface area contributed by atoms with Gasteiger partial charge in [0.25, 0.3) is 0 Å². The van der Waals surface area contributed by atoms with E-state index in [1.807, 2.05) is 31.2 Å². The number of rotatable bonds is 3. The summed E-state index contributed by atoms with van der Waals surface area (Å²) in [7, 11) is -1.50. The van der Waals surface area contributed by atoms with Crippen molar-refractivity contribution in [3.05, 3.63) is 29.8 Å². The minimum Gasteiger partial charge on any atom is -0.248 e. The summed E-state index contributed by atoms with van der Waals surface area (Å²) in [5.41, 5.74) is 1.11. The van der Waals surface area contributed by atoms with E-state index in [1.54, 1.807) is 0 Å². The molecule has 0 radical (unpaired) electrons. The zero-order valence-corrected chi connectivity index (χ0v) is 7.71. The van der Waals surface area contributed by atoms with Gasteiger partial charge in [-0.25, -0.2) is 4.52 Å². The Labute approximate surface area is 72.5 Å². The average molecular weight is 181 g/mol. The smallest absolute Gasteiger partial charge is 0.248 e. The van der Waals surface area contributed by atoms with Crippen LogP contribution in [0.5, 0.6) is 5.75 Å². The lowest BCUT2D eigenvalue weighted by atomic mass is 10.2. The highest BCUT2D eigenvalue weighted by atomic mass is 31.1. The van der Waals surface area contributed by atoms with Crippen LogP contribution in [0.2, 0.25) is 0 Å². The van der Waals surface area contributed by atoms with E-state index >= 15 is 0 Å². The molecule has 1 aromatic rings. The molecule has 0 saturated heterocycles.